The van der Waals surface area contributed by atoms with Gasteiger partial charge in [-0.1, -0.05) is 6.92 Å². The van der Waals surface area contributed by atoms with Crippen LogP contribution in [0, 0.1) is 6.92 Å². The summed E-state index contributed by atoms with van der Waals surface area (Å²) in [6, 6.07) is 0. The first-order chi connectivity index (χ1) is 3.27. The molecule has 0 fully saturated rings. The summed E-state index contributed by atoms with van der Waals surface area (Å²) in [6.45, 7) is 4.35. The van der Waals surface area contributed by atoms with E-state index in [1.54, 1.807) is 0 Å². The Balaban J connectivity index is 0. The van der Waals surface area contributed by atoms with Gasteiger partial charge in [0, 0.05) is 6.54 Å². The topological polar surface area (TPSA) is 38.0 Å². The van der Waals surface area contributed by atoms with Crippen LogP contribution in [0.5, 0.6) is 0 Å². The van der Waals surface area contributed by atoms with Crippen molar-refractivity contribution in [3.8, 4) is 0 Å². The maximum absolute atomic E-state index is 5.07. The van der Waals surface area contributed by atoms with Crippen molar-refractivity contribution in [3.05, 3.63) is 6.92 Å². The molecule has 0 heterocycles. The van der Waals surface area contributed by atoms with E-state index in [1.807, 2.05) is 0 Å². The molecule has 0 aliphatic rings. The van der Waals surface area contributed by atoms with E-state index < -0.39 is 0 Å². The van der Waals surface area contributed by atoms with Gasteiger partial charge in [0.25, 0.3) is 0 Å². The van der Waals surface area contributed by atoms with Gasteiger partial charge in [-0.05, 0) is 18.6 Å². The maximum atomic E-state index is 5.07. The zero-order chi connectivity index (χ0) is 5.70. The van der Waals surface area contributed by atoms with Crippen molar-refractivity contribution in [2.45, 2.75) is 6.42 Å². The molecule has 0 saturated heterocycles. The van der Waals surface area contributed by atoms with E-state index in [0.717, 1.165) is 13.0 Å². The second-order valence-electron chi connectivity index (χ2n) is 1.14. The quantitative estimate of drug-likeness (QED) is 0.398. The SMILES string of the molecule is [CH2]CCNC(N)=S.[NaH]. The van der Waals surface area contributed by atoms with E-state index in [-0.39, 0.29) is 29.6 Å². The number of hydrogen-bond donors (Lipinski definition) is 2. The van der Waals surface area contributed by atoms with Crippen molar-refractivity contribution in [2.24, 2.45) is 5.73 Å². The minimum atomic E-state index is 0. The Morgan fingerprint density at radius 3 is 2.38 bits per heavy atom. The van der Waals surface area contributed by atoms with Crippen LogP contribution in [0.25, 0.3) is 0 Å². The Labute approximate surface area is 77.5 Å². The van der Waals surface area contributed by atoms with Crippen molar-refractivity contribution < 1.29 is 0 Å². The second kappa shape index (κ2) is 7.69. The molecule has 0 aromatic heterocycles. The Morgan fingerprint density at radius 2 is 2.25 bits per heavy atom. The monoisotopic (exact) mass is 141 g/mol. The van der Waals surface area contributed by atoms with E-state index in [0.29, 0.717) is 5.11 Å². The van der Waals surface area contributed by atoms with E-state index in [2.05, 4.69) is 24.5 Å². The van der Waals surface area contributed by atoms with Gasteiger partial charge >= 0.3 is 29.6 Å². The van der Waals surface area contributed by atoms with Gasteiger partial charge in [-0.3, -0.25) is 0 Å². The van der Waals surface area contributed by atoms with E-state index in [9.17, 15) is 0 Å². The summed E-state index contributed by atoms with van der Waals surface area (Å²) in [6.07, 6.45) is 0.817. The predicted molar refractivity (Wildman–Crippen MR) is 41.9 cm³/mol. The summed E-state index contributed by atoms with van der Waals surface area (Å²) in [4.78, 5) is 0. The minimum absolute atomic E-state index is 0. The van der Waals surface area contributed by atoms with Crippen molar-refractivity contribution in [1.29, 1.82) is 0 Å². The number of hydrogen-bond acceptors (Lipinski definition) is 1. The third-order valence-electron chi connectivity index (χ3n) is 0.476. The Kier molecular flexibility index (Phi) is 11.0. The third-order valence-corrected chi connectivity index (χ3v) is 0.620. The molecule has 0 aliphatic carbocycles. The Morgan fingerprint density at radius 1 is 1.75 bits per heavy atom. The van der Waals surface area contributed by atoms with Crippen LogP contribution in [0.3, 0.4) is 0 Å². The zero-order valence-corrected chi connectivity index (χ0v) is 4.92. The van der Waals surface area contributed by atoms with Crippen molar-refractivity contribution in [3.63, 3.8) is 0 Å². The van der Waals surface area contributed by atoms with Crippen molar-refractivity contribution >= 4 is 46.9 Å². The molecule has 43 valence electrons. The fraction of sp³-hybridized carbons (Fsp3) is 0.500. The third kappa shape index (κ3) is 9.85. The van der Waals surface area contributed by atoms with Gasteiger partial charge in [-0.15, -0.1) is 0 Å². The molecule has 0 aromatic rings. The van der Waals surface area contributed by atoms with Crippen LogP contribution in [0.15, 0.2) is 0 Å². The van der Waals surface area contributed by atoms with E-state index in [4.69, 9.17) is 5.73 Å². The summed E-state index contributed by atoms with van der Waals surface area (Å²) in [7, 11) is 0. The van der Waals surface area contributed by atoms with Crippen molar-refractivity contribution in [1.82, 2.24) is 5.32 Å². The Bertz CT molecular complexity index is 67.1. The van der Waals surface area contributed by atoms with Gasteiger partial charge in [0.05, 0.1) is 0 Å². The molecule has 2 nitrogen and oxygen atoms in total. The molecule has 8 heavy (non-hydrogen) atoms. The summed E-state index contributed by atoms with van der Waals surface area (Å²) >= 11 is 4.50. The standard InChI is InChI=1S/C4H9N2S.Na.H/c1-2-3-6-4(5)7;;/h1-3H2,(H3,5,6,7);;. The first-order valence-electron chi connectivity index (χ1n) is 2.10. The van der Waals surface area contributed by atoms with Gasteiger partial charge in [0.1, 0.15) is 0 Å². The van der Waals surface area contributed by atoms with Crippen molar-refractivity contribution in [2.75, 3.05) is 6.54 Å². The van der Waals surface area contributed by atoms with Crippen LogP contribution < -0.4 is 11.1 Å². The molecule has 0 spiro atoms. The van der Waals surface area contributed by atoms with Gasteiger partial charge in [0.15, 0.2) is 5.11 Å². The number of rotatable bonds is 2. The van der Waals surface area contributed by atoms with E-state index in [1.165, 1.54) is 0 Å². The molecular weight excluding hydrogens is 131 g/mol. The average molecular weight is 141 g/mol. The van der Waals surface area contributed by atoms with Gasteiger partial charge in [-0.2, -0.15) is 0 Å². The molecule has 4 heteroatoms. The predicted octanol–water partition coefficient (Wildman–Crippen LogP) is -0.605. The van der Waals surface area contributed by atoms with Crippen LogP contribution >= 0.6 is 12.2 Å². The first kappa shape index (κ1) is 11.5. The van der Waals surface area contributed by atoms with Crippen LogP contribution in [-0.2, 0) is 0 Å². The Hall–Kier alpha value is 0.690. The normalized spacial score (nSPS) is 7.12. The van der Waals surface area contributed by atoms with Crippen LogP contribution in [0.1, 0.15) is 6.42 Å². The molecule has 0 saturated carbocycles. The molecule has 0 unspecified atom stereocenters. The molecular formula is C4H10N2NaS. The molecule has 0 rings (SSSR count). The molecule has 0 bridgehead atoms. The van der Waals surface area contributed by atoms with Crippen LogP contribution in [0.4, 0.5) is 0 Å². The average Bonchev–Trinajstić information content (AvgIpc) is 1.61. The molecule has 0 aromatic carbocycles. The van der Waals surface area contributed by atoms with E-state index >= 15 is 0 Å². The first-order valence-corrected chi connectivity index (χ1v) is 2.50. The molecule has 0 amide bonds. The van der Waals surface area contributed by atoms with Crippen LogP contribution in [-0.4, -0.2) is 41.2 Å². The molecule has 3 N–H and O–H groups in total. The fourth-order valence-electron chi connectivity index (χ4n) is 0.212. The van der Waals surface area contributed by atoms with Gasteiger partial charge in [0.2, 0.25) is 0 Å². The number of nitrogens with one attached hydrogen (secondary N) is 1. The summed E-state index contributed by atoms with van der Waals surface area (Å²) in [5, 5.41) is 3.09. The summed E-state index contributed by atoms with van der Waals surface area (Å²) < 4.78 is 0. The van der Waals surface area contributed by atoms with Crippen LogP contribution in [0.2, 0.25) is 0 Å². The van der Waals surface area contributed by atoms with Gasteiger partial charge in [-0.25, -0.2) is 0 Å². The second-order valence-corrected chi connectivity index (χ2v) is 1.58. The summed E-state index contributed by atoms with van der Waals surface area (Å²) in [5.74, 6) is 0. The number of thiocarbonyl (C=S) groups is 1. The molecule has 1 radical (unpaired) electrons. The summed E-state index contributed by atoms with van der Waals surface area (Å²) in [5.41, 5.74) is 5.07. The number of nitrogens with two attached hydrogens (primary N) is 1. The van der Waals surface area contributed by atoms with Gasteiger partial charge < -0.3 is 11.1 Å². The fourth-order valence-corrected chi connectivity index (χ4v) is 0.314. The zero-order valence-electron chi connectivity index (χ0n) is 4.11. The molecule has 0 aliphatic heterocycles. The molecule has 0 atom stereocenters.